The summed E-state index contributed by atoms with van der Waals surface area (Å²) in [5.41, 5.74) is 9.04. The van der Waals surface area contributed by atoms with E-state index in [1.807, 2.05) is 0 Å². The first-order valence-electron chi connectivity index (χ1n) is 11.0. The van der Waals surface area contributed by atoms with Gasteiger partial charge in [-0.25, -0.2) is 0 Å². The SMILES string of the molecule is CCCCC(CC)CC1(C)c2cc(C)ccc2-c2ccc(C)cc2C1(C)C. The topological polar surface area (TPSA) is 0 Å². The molecule has 3 rings (SSSR count). The van der Waals surface area contributed by atoms with Gasteiger partial charge in [-0.05, 0) is 53.9 Å². The predicted octanol–water partition coefficient (Wildman–Crippen LogP) is 8.13. The Hall–Kier alpha value is -1.56. The lowest BCUT2D eigenvalue weighted by Gasteiger charge is -2.52. The van der Waals surface area contributed by atoms with Crippen molar-refractivity contribution in [3.8, 4) is 11.1 Å². The van der Waals surface area contributed by atoms with Crippen molar-refractivity contribution in [2.45, 2.75) is 91.4 Å². The monoisotopic (exact) mass is 362 g/mol. The molecule has 0 fully saturated rings. The van der Waals surface area contributed by atoms with Crippen LogP contribution < -0.4 is 0 Å². The number of fused-ring (bicyclic) bond motifs is 3. The van der Waals surface area contributed by atoms with Gasteiger partial charge in [0.25, 0.3) is 0 Å². The normalized spacial score (nSPS) is 21.4. The van der Waals surface area contributed by atoms with Crippen molar-refractivity contribution in [1.29, 1.82) is 0 Å². The van der Waals surface area contributed by atoms with Crippen LogP contribution in [0.25, 0.3) is 11.1 Å². The summed E-state index contributed by atoms with van der Waals surface area (Å²) in [7, 11) is 0. The standard InChI is InChI=1S/C27H38/c1-8-10-11-21(9-2)18-27(7)25-17-20(4)13-15-23(25)22-14-12-19(3)16-24(22)26(27,5)6/h12-17,21H,8-11,18H2,1-7H3. The van der Waals surface area contributed by atoms with E-state index in [0.29, 0.717) is 0 Å². The van der Waals surface area contributed by atoms with Crippen LogP contribution >= 0.6 is 0 Å². The zero-order chi connectivity index (χ0) is 19.8. The smallest absolute Gasteiger partial charge is 0.00253 e. The Balaban J connectivity index is 2.19. The molecule has 0 bridgehead atoms. The molecule has 0 saturated heterocycles. The largest absolute Gasteiger partial charge is 0.0654 e. The molecule has 0 radical (unpaired) electrons. The quantitative estimate of drug-likeness (QED) is 0.486. The van der Waals surface area contributed by atoms with Crippen molar-refractivity contribution in [2.24, 2.45) is 5.92 Å². The zero-order valence-corrected chi connectivity index (χ0v) is 18.6. The van der Waals surface area contributed by atoms with Gasteiger partial charge in [0, 0.05) is 5.41 Å². The van der Waals surface area contributed by atoms with Crippen molar-refractivity contribution in [2.75, 3.05) is 0 Å². The minimum atomic E-state index is 0.120. The van der Waals surface area contributed by atoms with Crippen LogP contribution in [0.4, 0.5) is 0 Å². The molecule has 27 heavy (non-hydrogen) atoms. The fourth-order valence-corrected chi connectivity index (χ4v) is 5.28. The lowest BCUT2D eigenvalue weighted by atomic mass is 9.51. The van der Waals surface area contributed by atoms with Crippen LogP contribution in [0.15, 0.2) is 36.4 Å². The first kappa shape index (κ1) is 20.2. The Labute approximate surface area is 167 Å². The fourth-order valence-electron chi connectivity index (χ4n) is 5.28. The molecule has 2 atom stereocenters. The Morgan fingerprint density at radius 3 is 1.93 bits per heavy atom. The lowest BCUT2D eigenvalue weighted by molar-refractivity contribution is 0.204. The maximum Gasteiger partial charge on any atom is 0.00253 e. The summed E-state index contributed by atoms with van der Waals surface area (Å²) in [6.07, 6.45) is 6.58. The van der Waals surface area contributed by atoms with Crippen LogP contribution in [0.1, 0.15) is 89.0 Å². The van der Waals surface area contributed by atoms with Gasteiger partial charge in [-0.3, -0.25) is 0 Å². The third-order valence-corrected chi connectivity index (χ3v) is 7.53. The van der Waals surface area contributed by atoms with E-state index in [9.17, 15) is 0 Å². The molecule has 1 aliphatic carbocycles. The van der Waals surface area contributed by atoms with Gasteiger partial charge in [-0.2, -0.15) is 0 Å². The van der Waals surface area contributed by atoms with Crippen molar-refractivity contribution in [3.63, 3.8) is 0 Å². The second kappa shape index (κ2) is 7.46. The molecule has 0 aliphatic heterocycles. The predicted molar refractivity (Wildman–Crippen MR) is 120 cm³/mol. The Morgan fingerprint density at radius 1 is 0.815 bits per heavy atom. The Bertz CT molecular complexity index is 811. The number of rotatable bonds is 6. The van der Waals surface area contributed by atoms with E-state index in [1.165, 1.54) is 59.9 Å². The summed E-state index contributed by atoms with van der Waals surface area (Å²) in [6, 6.07) is 14.2. The van der Waals surface area contributed by atoms with Crippen molar-refractivity contribution in [1.82, 2.24) is 0 Å². The number of hydrogen-bond donors (Lipinski definition) is 0. The van der Waals surface area contributed by atoms with Crippen LogP contribution in [-0.4, -0.2) is 0 Å². The molecule has 0 amide bonds. The molecule has 2 unspecified atom stereocenters. The highest BCUT2D eigenvalue weighted by atomic mass is 14.5. The second-order valence-electron chi connectivity index (χ2n) is 9.68. The third kappa shape index (κ3) is 3.37. The summed E-state index contributed by atoms with van der Waals surface area (Å²) in [6.45, 7) is 16.7. The molecule has 0 saturated carbocycles. The average molecular weight is 363 g/mol. The minimum Gasteiger partial charge on any atom is -0.0654 e. The van der Waals surface area contributed by atoms with Gasteiger partial charge in [-0.15, -0.1) is 0 Å². The maximum absolute atomic E-state index is 2.55. The minimum absolute atomic E-state index is 0.120. The van der Waals surface area contributed by atoms with Crippen LogP contribution in [0.5, 0.6) is 0 Å². The first-order chi connectivity index (χ1) is 12.7. The highest BCUT2D eigenvalue weighted by molar-refractivity contribution is 5.78. The summed E-state index contributed by atoms with van der Waals surface area (Å²) in [4.78, 5) is 0. The molecular formula is C27H38. The van der Waals surface area contributed by atoms with Gasteiger partial charge in [0.05, 0.1) is 0 Å². The van der Waals surface area contributed by atoms with Crippen LogP contribution in [0.3, 0.4) is 0 Å². The third-order valence-electron chi connectivity index (χ3n) is 7.53. The molecule has 0 heterocycles. The summed E-state index contributed by atoms with van der Waals surface area (Å²) in [5.74, 6) is 0.800. The van der Waals surface area contributed by atoms with Crippen molar-refractivity contribution < 1.29 is 0 Å². The molecule has 0 heteroatoms. The Morgan fingerprint density at radius 2 is 1.37 bits per heavy atom. The van der Waals surface area contributed by atoms with Crippen molar-refractivity contribution in [3.05, 3.63) is 58.7 Å². The van der Waals surface area contributed by atoms with E-state index < -0.39 is 0 Å². The van der Waals surface area contributed by atoms with Gasteiger partial charge in [-0.1, -0.05) is 108 Å². The molecule has 2 aromatic rings. The van der Waals surface area contributed by atoms with Gasteiger partial charge in [0.15, 0.2) is 0 Å². The molecule has 0 N–H and O–H groups in total. The molecule has 0 aromatic heterocycles. The van der Waals surface area contributed by atoms with E-state index in [2.05, 4.69) is 84.9 Å². The van der Waals surface area contributed by atoms with E-state index in [4.69, 9.17) is 0 Å². The van der Waals surface area contributed by atoms with Gasteiger partial charge >= 0.3 is 0 Å². The Kier molecular flexibility index (Phi) is 5.57. The van der Waals surface area contributed by atoms with Crippen LogP contribution in [0.2, 0.25) is 0 Å². The molecule has 2 aromatic carbocycles. The lowest BCUT2D eigenvalue weighted by Crippen LogP contribution is -2.47. The van der Waals surface area contributed by atoms with Gasteiger partial charge < -0.3 is 0 Å². The number of unbranched alkanes of at least 4 members (excludes halogenated alkanes) is 1. The average Bonchev–Trinajstić information content (AvgIpc) is 2.64. The zero-order valence-electron chi connectivity index (χ0n) is 18.6. The number of benzene rings is 2. The van der Waals surface area contributed by atoms with Gasteiger partial charge in [0.1, 0.15) is 0 Å². The van der Waals surface area contributed by atoms with Crippen LogP contribution in [0, 0.1) is 19.8 Å². The molecule has 0 spiro atoms. The first-order valence-corrected chi connectivity index (χ1v) is 11.0. The number of hydrogen-bond acceptors (Lipinski definition) is 0. The highest BCUT2D eigenvalue weighted by Crippen LogP contribution is 2.57. The molecular weight excluding hydrogens is 324 g/mol. The fraction of sp³-hybridized carbons (Fsp3) is 0.556. The maximum atomic E-state index is 2.55. The summed E-state index contributed by atoms with van der Waals surface area (Å²) >= 11 is 0. The molecule has 146 valence electrons. The highest BCUT2D eigenvalue weighted by Gasteiger charge is 2.49. The van der Waals surface area contributed by atoms with E-state index >= 15 is 0 Å². The van der Waals surface area contributed by atoms with Crippen LogP contribution in [-0.2, 0) is 10.8 Å². The number of aryl methyl sites for hydroxylation is 2. The van der Waals surface area contributed by atoms with E-state index in [0.717, 1.165) is 5.92 Å². The molecule has 1 aliphatic rings. The van der Waals surface area contributed by atoms with E-state index in [-0.39, 0.29) is 10.8 Å². The summed E-state index contributed by atoms with van der Waals surface area (Å²) in [5, 5.41) is 0. The summed E-state index contributed by atoms with van der Waals surface area (Å²) < 4.78 is 0. The molecule has 0 nitrogen and oxygen atoms in total. The van der Waals surface area contributed by atoms with E-state index in [1.54, 1.807) is 5.56 Å². The second-order valence-corrected chi connectivity index (χ2v) is 9.68. The van der Waals surface area contributed by atoms with Gasteiger partial charge in [0.2, 0.25) is 0 Å². The van der Waals surface area contributed by atoms with Crippen molar-refractivity contribution >= 4 is 0 Å².